The van der Waals surface area contributed by atoms with Crippen LogP contribution in [0.25, 0.3) is 0 Å². The van der Waals surface area contributed by atoms with Crippen LogP contribution in [0, 0.1) is 11.3 Å². The lowest BCUT2D eigenvalue weighted by Gasteiger charge is -2.30. The van der Waals surface area contributed by atoms with E-state index in [1.807, 2.05) is 0 Å². The predicted octanol–water partition coefficient (Wildman–Crippen LogP) is 2.87. The molecule has 2 amide bonds. The first-order chi connectivity index (χ1) is 11.0. The number of carbonyl (C=O) groups is 2. The summed E-state index contributed by atoms with van der Waals surface area (Å²) in [4.78, 5) is 30.7. The zero-order chi connectivity index (χ0) is 16.4. The van der Waals surface area contributed by atoms with E-state index in [9.17, 15) is 9.59 Å². The second kappa shape index (κ2) is 6.42. The third-order valence-electron chi connectivity index (χ3n) is 5.05. The Bertz CT molecular complexity index is 588. The molecule has 2 heterocycles. The van der Waals surface area contributed by atoms with Crippen molar-refractivity contribution in [3.63, 3.8) is 0 Å². The van der Waals surface area contributed by atoms with Gasteiger partial charge in [0.25, 0.3) is 0 Å². The second-order valence-electron chi connectivity index (χ2n) is 7.34. The first-order valence-electron chi connectivity index (χ1n) is 8.66. The molecular formula is C17H25N3O3. The van der Waals surface area contributed by atoms with Gasteiger partial charge in [0, 0.05) is 12.8 Å². The van der Waals surface area contributed by atoms with Gasteiger partial charge in [0.15, 0.2) is 5.82 Å². The first kappa shape index (κ1) is 16.1. The summed E-state index contributed by atoms with van der Waals surface area (Å²) >= 11 is 0. The zero-order valence-electron chi connectivity index (χ0n) is 14.0. The van der Waals surface area contributed by atoms with Gasteiger partial charge in [0.1, 0.15) is 6.54 Å². The molecule has 0 N–H and O–H groups in total. The van der Waals surface area contributed by atoms with Crippen LogP contribution in [0.4, 0.5) is 0 Å². The van der Waals surface area contributed by atoms with E-state index in [2.05, 4.69) is 24.0 Å². The molecule has 1 saturated carbocycles. The van der Waals surface area contributed by atoms with E-state index < -0.39 is 5.41 Å². The number of nitrogens with zero attached hydrogens (tertiary/aromatic N) is 3. The number of imide groups is 1. The van der Waals surface area contributed by atoms with Crippen LogP contribution < -0.4 is 0 Å². The van der Waals surface area contributed by atoms with Crippen LogP contribution in [0.2, 0.25) is 0 Å². The molecule has 1 spiro atoms. The normalized spacial score (nSPS) is 20.9. The summed E-state index contributed by atoms with van der Waals surface area (Å²) in [5.74, 6) is 1.45. The van der Waals surface area contributed by atoms with Crippen molar-refractivity contribution in [1.82, 2.24) is 15.0 Å². The summed E-state index contributed by atoms with van der Waals surface area (Å²) in [5.41, 5.74) is -0.449. The molecule has 6 nitrogen and oxygen atoms in total. The van der Waals surface area contributed by atoms with Crippen LogP contribution >= 0.6 is 0 Å². The SMILES string of the molecule is CC(C)CCc1noc(CN2C(=O)CC3(CCCCC3)C2=O)n1. The van der Waals surface area contributed by atoms with Crippen LogP contribution in [-0.4, -0.2) is 26.9 Å². The third-order valence-corrected chi connectivity index (χ3v) is 5.05. The average Bonchev–Trinajstić information content (AvgIpc) is 3.06. The molecule has 1 aliphatic carbocycles. The van der Waals surface area contributed by atoms with Crippen molar-refractivity contribution in [2.75, 3.05) is 0 Å². The standard InChI is InChI=1S/C17H25N3O3/c1-12(2)6-7-13-18-14(23-19-13)11-20-15(21)10-17(16(20)22)8-4-3-5-9-17/h12H,3-11H2,1-2H3. The molecule has 1 aromatic heterocycles. The molecule has 0 aromatic carbocycles. The molecule has 0 unspecified atom stereocenters. The predicted molar refractivity (Wildman–Crippen MR) is 83.1 cm³/mol. The van der Waals surface area contributed by atoms with Crippen molar-refractivity contribution in [2.45, 2.75) is 71.8 Å². The number of aromatic nitrogens is 2. The highest BCUT2D eigenvalue weighted by Crippen LogP contribution is 2.45. The Balaban J connectivity index is 1.66. The molecule has 0 atom stereocenters. The maximum atomic E-state index is 12.7. The Hall–Kier alpha value is -1.72. The van der Waals surface area contributed by atoms with E-state index in [1.54, 1.807) is 0 Å². The highest BCUT2D eigenvalue weighted by molar-refractivity contribution is 6.05. The van der Waals surface area contributed by atoms with E-state index in [4.69, 9.17) is 4.52 Å². The minimum absolute atomic E-state index is 0.0378. The van der Waals surface area contributed by atoms with Crippen molar-refractivity contribution in [3.05, 3.63) is 11.7 Å². The van der Waals surface area contributed by atoms with E-state index in [-0.39, 0.29) is 18.4 Å². The summed E-state index contributed by atoms with van der Waals surface area (Å²) in [5, 5.41) is 3.95. The quantitative estimate of drug-likeness (QED) is 0.780. The fourth-order valence-electron chi connectivity index (χ4n) is 3.65. The maximum Gasteiger partial charge on any atom is 0.246 e. The largest absolute Gasteiger partial charge is 0.337 e. The molecule has 6 heteroatoms. The van der Waals surface area contributed by atoms with Crippen LogP contribution in [0.1, 0.15) is 70.5 Å². The molecule has 2 fully saturated rings. The van der Waals surface area contributed by atoms with Gasteiger partial charge in [-0.1, -0.05) is 38.3 Å². The molecular weight excluding hydrogens is 294 g/mol. The number of rotatable bonds is 5. The van der Waals surface area contributed by atoms with Gasteiger partial charge in [-0.05, 0) is 25.2 Å². The summed E-state index contributed by atoms with van der Waals surface area (Å²) in [6, 6.07) is 0. The molecule has 1 aromatic rings. The van der Waals surface area contributed by atoms with Crippen molar-refractivity contribution < 1.29 is 14.1 Å². The average molecular weight is 319 g/mol. The fourth-order valence-corrected chi connectivity index (χ4v) is 3.65. The highest BCUT2D eigenvalue weighted by Gasteiger charge is 2.51. The number of amides is 2. The van der Waals surface area contributed by atoms with E-state index >= 15 is 0 Å². The van der Waals surface area contributed by atoms with E-state index in [0.717, 1.165) is 44.9 Å². The highest BCUT2D eigenvalue weighted by atomic mass is 16.5. The Labute approximate surface area is 136 Å². The van der Waals surface area contributed by atoms with Crippen LogP contribution in [0.5, 0.6) is 0 Å². The molecule has 0 bridgehead atoms. The van der Waals surface area contributed by atoms with Gasteiger partial charge in [0.2, 0.25) is 17.7 Å². The minimum atomic E-state index is -0.449. The van der Waals surface area contributed by atoms with Gasteiger partial charge in [0.05, 0.1) is 5.41 Å². The Morgan fingerprint density at radius 3 is 2.65 bits per heavy atom. The fraction of sp³-hybridized carbons (Fsp3) is 0.765. The van der Waals surface area contributed by atoms with Gasteiger partial charge in [-0.2, -0.15) is 4.98 Å². The van der Waals surface area contributed by atoms with Crippen molar-refractivity contribution >= 4 is 11.8 Å². The topological polar surface area (TPSA) is 76.3 Å². The first-order valence-corrected chi connectivity index (χ1v) is 8.66. The Kier molecular flexibility index (Phi) is 4.50. The molecule has 2 aliphatic rings. The maximum absolute atomic E-state index is 12.7. The minimum Gasteiger partial charge on any atom is -0.337 e. The van der Waals surface area contributed by atoms with Crippen molar-refractivity contribution in [3.8, 4) is 0 Å². The number of hydrogen-bond acceptors (Lipinski definition) is 5. The molecule has 0 radical (unpaired) electrons. The van der Waals surface area contributed by atoms with Gasteiger partial charge in [-0.25, -0.2) is 0 Å². The Morgan fingerprint density at radius 2 is 1.96 bits per heavy atom. The van der Waals surface area contributed by atoms with Crippen molar-refractivity contribution in [2.24, 2.45) is 11.3 Å². The van der Waals surface area contributed by atoms with E-state index in [1.165, 1.54) is 4.90 Å². The monoisotopic (exact) mass is 319 g/mol. The van der Waals surface area contributed by atoms with E-state index in [0.29, 0.717) is 24.1 Å². The molecule has 3 rings (SSSR count). The number of likely N-dealkylation sites (tertiary alicyclic amines) is 1. The number of carbonyl (C=O) groups excluding carboxylic acids is 2. The van der Waals surface area contributed by atoms with Gasteiger partial charge >= 0.3 is 0 Å². The van der Waals surface area contributed by atoms with Crippen LogP contribution in [0.3, 0.4) is 0 Å². The van der Waals surface area contributed by atoms with Crippen molar-refractivity contribution in [1.29, 1.82) is 0 Å². The summed E-state index contributed by atoms with van der Waals surface area (Å²) in [7, 11) is 0. The summed E-state index contributed by atoms with van der Waals surface area (Å²) < 4.78 is 5.22. The lowest BCUT2D eigenvalue weighted by Crippen LogP contribution is -2.36. The molecule has 1 saturated heterocycles. The van der Waals surface area contributed by atoms with Gasteiger partial charge in [-0.3, -0.25) is 14.5 Å². The van der Waals surface area contributed by atoms with Gasteiger partial charge < -0.3 is 4.52 Å². The zero-order valence-corrected chi connectivity index (χ0v) is 14.0. The van der Waals surface area contributed by atoms with Crippen LogP contribution in [0.15, 0.2) is 4.52 Å². The molecule has 23 heavy (non-hydrogen) atoms. The third kappa shape index (κ3) is 3.31. The second-order valence-corrected chi connectivity index (χ2v) is 7.34. The smallest absolute Gasteiger partial charge is 0.246 e. The summed E-state index contributed by atoms with van der Waals surface area (Å²) in [6.07, 6.45) is 6.98. The lowest BCUT2D eigenvalue weighted by atomic mass is 9.73. The number of hydrogen-bond donors (Lipinski definition) is 0. The van der Waals surface area contributed by atoms with Crippen LogP contribution in [-0.2, 0) is 22.6 Å². The lowest BCUT2D eigenvalue weighted by molar-refractivity contribution is -0.143. The Morgan fingerprint density at radius 1 is 1.22 bits per heavy atom. The van der Waals surface area contributed by atoms with Gasteiger partial charge in [-0.15, -0.1) is 0 Å². The number of aryl methyl sites for hydroxylation is 1. The summed E-state index contributed by atoms with van der Waals surface area (Å²) in [6.45, 7) is 4.41. The molecule has 126 valence electrons. The molecule has 1 aliphatic heterocycles.